The van der Waals surface area contributed by atoms with Gasteiger partial charge in [0.2, 0.25) is 15.9 Å². The van der Waals surface area contributed by atoms with E-state index in [1.807, 2.05) is 11.4 Å². The minimum Gasteiger partial charge on any atom is -0.339 e. The van der Waals surface area contributed by atoms with Gasteiger partial charge >= 0.3 is 0 Å². The molecule has 0 spiro atoms. The topological polar surface area (TPSA) is 83.5 Å². The van der Waals surface area contributed by atoms with Crippen LogP contribution in [-0.4, -0.2) is 71.7 Å². The highest BCUT2D eigenvalue weighted by Crippen LogP contribution is 2.27. The van der Waals surface area contributed by atoms with Crippen molar-refractivity contribution in [2.45, 2.75) is 5.03 Å². The molecule has 1 aliphatic rings. The molecule has 0 unspecified atom stereocenters. The number of rotatable bonds is 4. The number of fused-ring (bicyclic) bond motifs is 1. The maximum absolute atomic E-state index is 12.3. The Labute approximate surface area is 142 Å². The summed E-state index contributed by atoms with van der Waals surface area (Å²) in [4.78, 5) is 23.3. The quantitative estimate of drug-likeness (QED) is 0.585. The third-order valence-corrected chi connectivity index (χ3v) is 6.73. The summed E-state index contributed by atoms with van der Waals surface area (Å²) in [5.41, 5.74) is 0. The van der Waals surface area contributed by atoms with E-state index in [4.69, 9.17) is 0 Å². The minimum absolute atomic E-state index is 0.00476. The first-order valence-corrected chi connectivity index (χ1v) is 10.7. The average molecular weight is 372 g/mol. The Morgan fingerprint density at radius 3 is 2.74 bits per heavy atom. The molecule has 1 amide bonds. The summed E-state index contributed by atoms with van der Waals surface area (Å²) in [5, 5.41) is 3.73. The van der Waals surface area contributed by atoms with E-state index in [2.05, 4.69) is 9.97 Å². The molecule has 3 rings (SSSR count). The lowest BCUT2D eigenvalue weighted by molar-refractivity contribution is -0.129. The molecule has 1 fully saturated rings. The largest absolute Gasteiger partial charge is 0.339 e. The van der Waals surface area contributed by atoms with Crippen LogP contribution in [0, 0.1) is 0 Å². The number of thiophene rings is 1. The predicted molar refractivity (Wildman–Crippen MR) is 91.1 cm³/mol. The van der Waals surface area contributed by atoms with Crippen molar-refractivity contribution < 1.29 is 13.2 Å². The molecule has 3 heterocycles. The molecule has 0 atom stereocenters. The normalized spacial score (nSPS) is 16.8. The Morgan fingerprint density at radius 1 is 1.30 bits per heavy atom. The van der Waals surface area contributed by atoms with Gasteiger partial charge in [0.25, 0.3) is 0 Å². The van der Waals surface area contributed by atoms with Crippen molar-refractivity contribution in [1.29, 1.82) is 0 Å². The number of piperazine rings is 1. The molecule has 0 saturated carbocycles. The van der Waals surface area contributed by atoms with Crippen LogP contribution in [0.5, 0.6) is 0 Å². The molecule has 0 radical (unpaired) electrons. The van der Waals surface area contributed by atoms with Gasteiger partial charge in [-0.2, -0.15) is 4.31 Å². The fraction of sp³-hybridized carbons (Fsp3) is 0.462. The van der Waals surface area contributed by atoms with E-state index in [1.165, 1.54) is 28.7 Å². The second kappa shape index (κ2) is 6.71. The van der Waals surface area contributed by atoms with Crippen LogP contribution in [0.2, 0.25) is 0 Å². The zero-order chi connectivity index (χ0) is 16.4. The van der Waals surface area contributed by atoms with Crippen molar-refractivity contribution in [3.8, 4) is 0 Å². The first kappa shape index (κ1) is 16.6. The second-order valence-corrected chi connectivity index (χ2v) is 8.99. The van der Waals surface area contributed by atoms with Gasteiger partial charge in [0.15, 0.2) is 0 Å². The van der Waals surface area contributed by atoms with Crippen molar-refractivity contribution in [2.75, 3.05) is 38.2 Å². The number of hydrogen-bond donors (Lipinski definition) is 0. The van der Waals surface area contributed by atoms with Crippen molar-refractivity contribution in [2.24, 2.45) is 0 Å². The summed E-state index contributed by atoms with van der Waals surface area (Å²) in [6.07, 6.45) is 2.71. The lowest BCUT2D eigenvalue weighted by Gasteiger charge is -2.33. The highest BCUT2D eigenvalue weighted by molar-refractivity contribution is 8.00. The van der Waals surface area contributed by atoms with Crippen molar-refractivity contribution in [1.82, 2.24) is 19.2 Å². The third-order valence-electron chi connectivity index (χ3n) is 3.62. The summed E-state index contributed by atoms with van der Waals surface area (Å²) in [7, 11) is -3.17. The number of aromatic nitrogens is 2. The molecule has 0 bridgehead atoms. The molecule has 2 aromatic heterocycles. The van der Waals surface area contributed by atoms with Gasteiger partial charge in [0, 0.05) is 31.6 Å². The van der Waals surface area contributed by atoms with Crippen molar-refractivity contribution in [3.63, 3.8) is 0 Å². The predicted octanol–water partition coefficient (Wildman–Crippen LogP) is 0.887. The van der Waals surface area contributed by atoms with Gasteiger partial charge in [0.05, 0.1) is 12.0 Å². The molecule has 0 N–H and O–H groups in total. The van der Waals surface area contributed by atoms with Gasteiger partial charge in [-0.05, 0) is 11.4 Å². The number of carbonyl (C=O) groups excluding carboxylic acids is 1. The average Bonchev–Trinajstić information content (AvgIpc) is 3.01. The molecule has 2 aromatic rings. The molecule has 7 nitrogen and oxygen atoms in total. The maximum Gasteiger partial charge on any atom is 0.233 e. The Bertz CT molecular complexity index is 813. The van der Waals surface area contributed by atoms with E-state index in [1.54, 1.807) is 16.2 Å². The van der Waals surface area contributed by atoms with Crippen molar-refractivity contribution >= 4 is 49.2 Å². The van der Waals surface area contributed by atoms with Crippen LogP contribution in [0.3, 0.4) is 0 Å². The van der Waals surface area contributed by atoms with Crippen LogP contribution >= 0.6 is 23.1 Å². The monoisotopic (exact) mass is 372 g/mol. The van der Waals surface area contributed by atoms with Gasteiger partial charge in [-0.25, -0.2) is 18.4 Å². The zero-order valence-corrected chi connectivity index (χ0v) is 15.0. The first-order chi connectivity index (χ1) is 10.9. The molecule has 1 aliphatic heterocycles. The first-order valence-electron chi connectivity index (χ1n) is 6.99. The SMILES string of the molecule is CS(=O)(=O)N1CCN(C(=O)CSc2ncnc3sccc23)CC1. The fourth-order valence-corrected chi connectivity index (χ4v) is 4.88. The second-order valence-electron chi connectivity index (χ2n) is 5.15. The van der Waals surface area contributed by atoms with Crippen LogP contribution in [0.15, 0.2) is 22.8 Å². The van der Waals surface area contributed by atoms with Crippen molar-refractivity contribution in [3.05, 3.63) is 17.8 Å². The van der Waals surface area contributed by atoms with E-state index in [0.717, 1.165) is 15.2 Å². The third kappa shape index (κ3) is 3.82. The van der Waals surface area contributed by atoms with Crippen LogP contribution in [0.1, 0.15) is 0 Å². The summed E-state index contributed by atoms with van der Waals surface area (Å²) in [5.74, 6) is 0.297. The Balaban J connectivity index is 1.57. The van der Waals surface area contributed by atoms with Crippen LogP contribution in [-0.2, 0) is 14.8 Å². The number of amides is 1. The Kier molecular flexibility index (Phi) is 4.85. The summed E-state index contributed by atoms with van der Waals surface area (Å²) < 4.78 is 24.4. The highest BCUT2D eigenvalue weighted by atomic mass is 32.2. The number of thioether (sulfide) groups is 1. The molecule has 0 aromatic carbocycles. The van der Waals surface area contributed by atoms with Gasteiger partial charge in [-0.15, -0.1) is 11.3 Å². The van der Waals surface area contributed by atoms with E-state index in [-0.39, 0.29) is 5.91 Å². The van der Waals surface area contributed by atoms with E-state index >= 15 is 0 Å². The Hall–Kier alpha value is -1.23. The van der Waals surface area contributed by atoms with E-state index in [0.29, 0.717) is 31.9 Å². The van der Waals surface area contributed by atoms with Crippen LogP contribution in [0.25, 0.3) is 10.2 Å². The smallest absolute Gasteiger partial charge is 0.233 e. The highest BCUT2D eigenvalue weighted by Gasteiger charge is 2.26. The number of carbonyl (C=O) groups is 1. The molecular formula is C13H16N4O3S3. The zero-order valence-electron chi connectivity index (χ0n) is 12.5. The molecule has 0 aliphatic carbocycles. The van der Waals surface area contributed by atoms with Crippen LogP contribution < -0.4 is 0 Å². The molecule has 1 saturated heterocycles. The van der Waals surface area contributed by atoms with E-state index < -0.39 is 10.0 Å². The van der Waals surface area contributed by atoms with Gasteiger partial charge in [-0.3, -0.25) is 4.79 Å². The molecular weight excluding hydrogens is 356 g/mol. The summed E-state index contributed by atoms with van der Waals surface area (Å²) in [6, 6.07) is 1.96. The lowest BCUT2D eigenvalue weighted by Crippen LogP contribution is -2.50. The van der Waals surface area contributed by atoms with Gasteiger partial charge < -0.3 is 4.90 Å². The fourth-order valence-electron chi connectivity index (χ4n) is 2.37. The molecule has 23 heavy (non-hydrogen) atoms. The molecule has 10 heteroatoms. The lowest BCUT2D eigenvalue weighted by atomic mass is 10.3. The van der Waals surface area contributed by atoms with Gasteiger partial charge in [-0.1, -0.05) is 11.8 Å². The van der Waals surface area contributed by atoms with E-state index in [9.17, 15) is 13.2 Å². The Morgan fingerprint density at radius 2 is 2.04 bits per heavy atom. The number of nitrogens with zero attached hydrogens (tertiary/aromatic N) is 4. The van der Waals surface area contributed by atoms with Crippen LogP contribution in [0.4, 0.5) is 0 Å². The molecule has 124 valence electrons. The van der Waals surface area contributed by atoms with Gasteiger partial charge in [0.1, 0.15) is 16.2 Å². The number of sulfonamides is 1. The summed E-state index contributed by atoms with van der Waals surface area (Å²) >= 11 is 2.94. The maximum atomic E-state index is 12.3. The summed E-state index contributed by atoms with van der Waals surface area (Å²) in [6.45, 7) is 1.59. The standard InChI is InChI=1S/C13H16N4O3S3/c1-23(19,20)17-5-3-16(4-6-17)11(18)8-22-13-10-2-7-21-12(10)14-9-15-13/h2,7,9H,3-6,8H2,1H3. The number of hydrogen-bond acceptors (Lipinski definition) is 7. The minimum atomic E-state index is -3.17.